The summed E-state index contributed by atoms with van der Waals surface area (Å²) in [7, 11) is 0. The summed E-state index contributed by atoms with van der Waals surface area (Å²) in [6.07, 6.45) is 8.61. The van der Waals surface area contributed by atoms with Gasteiger partial charge in [0.2, 0.25) is 0 Å². The number of furan rings is 1. The highest BCUT2D eigenvalue weighted by atomic mass is 16.5. The number of anilines is 1. The predicted octanol–water partition coefficient (Wildman–Crippen LogP) is 4.50. The number of fused-ring (bicyclic) bond motifs is 2. The Morgan fingerprint density at radius 3 is 2.71 bits per heavy atom. The third-order valence-corrected chi connectivity index (χ3v) is 6.89. The van der Waals surface area contributed by atoms with E-state index in [0.717, 1.165) is 62.9 Å². The fourth-order valence-electron chi connectivity index (χ4n) is 5.16. The van der Waals surface area contributed by atoms with Crippen LogP contribution >= 0.6 is 0 Å². The number of rotatable bonds is 6. The lowest BCUT2D eigenvalue weighted by atomic mass is 9.94. The minimum absolute atomic E-state index is 0.0454. The number of likely N-dealkylation sites (tertiary alicyclic amines) is 1. The molecular formula is C27H30N2O5. The summed E-state index contributed by atoms with van der Waals surface area (Å²) < 4.78 is 11.4. The molecule has 2 aromatic rings. The van der Waals surface area contributed by atoms with Gasteiger partial charge in [0.1, 0.15) is 17.1 Å². The van der Waals surface area contributed by atoms with Crippen molar-refractivity contribution in [3.05, 3.63) is 52.0 Å². The fraction of sp³-hybridized carbons (Fsp3) is 0.444. The number of ketones is 1. The van der Waals surface area contributed by atoms with Gasteiger partial charge in [-0.25, -0.2) is 4.79 Å². The first-order valence-electron chi connectivity index (χ1n) is 12.3. The smallest absolute Gasteiger partial charge is 0.342 e. The molecule has 1 amide bonds. The van der Waals surface area contributed by atoms with E-state index in [1.165, 1.54) is 6.42 Å². The molecule has 3 aliphatic rings. The average molecular weight is 463 g/mol. The van der Waals surface area contributed by atoms with Crippen LogP contribution in [0.5, 0.6) is 0 Å². The molecule has 2 aliphatic heterocycles. The molecule has 1 N–H and O–H groups in total. The van der Waals surface area contributed by atoms with E-state index in [1.807, 2.05) is 0 Å². The molecule has 1 saturated heterocycles. The number of carbonyl (C=O) groups excluding carboxylic acids is 3. The molecule has 0 unspecified atom stereocenters. The maximum Gasteiger partial charge on any atom is 0.342 e. The van der Waals surface area contributed by atoms with E-state index >= 15 is 0 Å². The second kappa shape index (κ2) is 9.58. The lowest BCUT2D eigenvalue weighted by Gasteiger charge is -2.25. The minimum Gasteiger partial charge on any atom is -0.462 e. The zero-order chi connectivity index (χ0) is 23.7. The maximum atomic E-state index is 13.0. The molecule has 7 nitrogen and oxygen atoms in total. The van der Waals surface area contributed by atoms with Gasteiger partial charge in [0.25, 0.3) is 5.91 Å². The first kappa shape index (κ1) is 22.6. The van der Waals surface area contributed by atoms with Crippen LogP contribution in [0.3, 0.4) is 0 Å². The maximum absolute atomic E-state index is 13.0. The molecule has 0 atom stereocenters. The van der Waals surface area contributed by atoms with Crippen LogP contribution in [0, 0.1) is 0 Å². The Labute approximate surface area is 199 Å². The SMILES string of the molecule is CCOC(=O)c1c(C=C2C(=O)Nc3ccc(C(=O)CN4CCCCC4)cc32)oc2c1CCCC2. The van der Waals surface area contributed by atoms with Crippen LogP contribution < -0.4 is 5.32 Å². The second-order valence-electron chi connectivity index (χ2n) is 9.20. The molecule has 1 aliphatic carbocycles. The van der Waals surface area contributed by atoms with Gasteiger partial charge >= 0.3 is 5.97 Å². The Morgan fingerprint density at radius 1 is 1.12 bits per heavy atom. The van der Waals surface area contributed by atoms with Gasteiger partial charge in [-0.05, 0) is 76.4 Å². The fourth-order valence-corrected chi connectivity index (χ4v) is 5.16. The highest BCUT2D eigenvalue weighted by Crippen LogP contribution is 2.37. The number of carbonyl (C=O) groups is 3. The number of amides is 1. The summed E-state index contributed by atoms with van der Waals surface area (Å²) >= 11 is 0. The zero-order valence-electron chi connectivity index (χ0n) is 19.6. The highest BCUT2D eigenvalue weighted by molar-refractivity contribution is 6.35. The second-order valence-corrected chi connectivity index (χ2v) is 9.20. The Morgan fingerprint density at radius 2 is 1.91 bits per heavy atom. The van der Waals surface area contributed by atoms with Crippen LogP contribution in [0.1, 0.15) is 82.4 Å². The molecular weight excluding hydrogens is 432 g/mol. The summed E-state index contributed by atoms with van der Waals surface area (Å²) in [6, 6.07) is 5.32. The summed E-state index contributed by atoms with van der Waals surface area (Å²) in [4.78, 5) is 40.8. The minimum atomic E-state index is -0.426. The highest BCUT2D eigenvalue weighted by Gasteiger charge is 2.31. The van der Waals surface area contributed by atoms with Crippen molar-refractivity contribution in [2.24, 2.45) is 0 Å². The molecule has 7 heteroatoms. The van der Waals surface area contributed by atoms with Crippen molar-refractivity contribution in [1.29, 1.82) is 0 Å². The number of piperidine rings is 1. The van der Waals surface area contributed by atoms with Crippen molar-refractivity contribution in [2.75, 3.05) is 31.6 Å². The van der Waals surface area contributed by atoms with E-state index in [4.69, 9.17) is 9.15 Å². The van der Waals surface area contributed by atoms with Crippen LogP contribution in [0.25, 0.3) is 11.6 Å². The normalized spacial score (nSPS) is 19.0. The van der Waals surface area contributed by atoms with Crippen molar-refractivity contribution >= 4 is 35.0 Å². The molecule has 0 bridgehead atoms. The van der Waals surface area contributed by atoms with Crippen molar-refractivity contribution in [3.8, 4) is 0 Å². The zero-order valence-corrected chi connectivity index (χ0v) is 19.6. The predicted molar refractivity (Wildman–Crippen MR) is 129 cm³/mol. The van der Waals surface area contributed by atoms with Crippen LogP contribution in [-0.4, -0.2) is 48.8 Å². The summed E-state index contributed by atoms with van der Waals surface area (Å²) in [5.41, 5.74) is 3.58. The molecule has 3 heterocycles. The Hall–Kier alpha value is -3.19. The molecule has 0 saturated carbocycles. The van der Waals surface area contributed by atoms with Gasteiger partial charge in [-0.3, -0.25) is 14.5 Å². The van der Waals surface area contributed by atoms with E-state index < -0.39 is 5.97 Å². The van der Waals surface area contributed by atoms with Crippen LogP contribution in [0.15, 0.2) is 22.6 Å². The van der Waals surface area contributed by atoms with Crippen molar-refractivity contribution < 1.29 is 23.5 Å². The number of ether oxygens (including phenoxy) is 1. The van der Waals surface area contributed by atoms with E-state index in [-0.39, 0.29) is 18.3 Å². The number of benzene rings is 1. The van der Waals surface area contributed by atoms with Gasteiger partial charge in [-0.15, -0.1) is 0 Å². The summed E-state index contributed by atoms with van der Waals surface area (Å²) in [6.45, 7) is 4.31. The molecule has 0 spiro atoms. The monoisotopic (exact) mass is 462 g/mol. The van der Waals surface area contributed by atoms with Crippen LogP contribution in [-0.2, 0) is 22.4 Å². The molecule has 1 aromatic carbocycles. The van der Waals surface area contributed by atoms with E-state index in [1.54, 1.807) is 31.2 Å². The standard InChI is InChI=1S/C27H30N2O5/c1-2-33-27(32)25-18-8-4-5-9-23(18)34-24(25)15-20-19-14-17(10-11-21(19)28-26(20)31)22(30)16-29-12-6-3-7-13-29/h10-11,14-15H,2-9,12-13,16H2,1H3,(H,28,31). The first-order valence-corrected chi connectivity index (χ1v) is 12.3. The van der Waals surface area contributed by atoms with Crippen molar-refractivity contribution in [2.45, 2.75) is 51.9 Å². The van der Waals surface area contributed by atoms with Gasteiger partial charge in [-0.2, -0.15) is 0 Å². The molecule has 34 heavy (non-hydrogen) atoms. The van der Waals surface area contributed by atoms with E-state index in [2.05, 4.69) is 10.2 Å². The topological polar surface area (TPSA) is 88.8 Å². The molecule has 5 rings (SSSR count). The number of hydrogen-bond donors (Lipinski definition) is 1. The van der Waals surface area contributed by atoms with Gasteiger partial charge in [0.15, 0.2) is 5.78 Å². The van der Waals surface area contributed by atoms with E-state index in [9.17, 15) is 14.4 Å². The lowest BCUT2D eigenvalue weighted by Crippen LogP contribution is -2.34. The quantitative estimate of drug-likeness (QED) is 0.386. The third-order valence-electron chi connectivity index (χ3n) is 6.89. The van der Waals surface area contributed by atoms with Crippen molar-refractivity contribution in [3.63, 3.8) is 0 Å². The summed E-state index contributed by atoms with van der Waals surface area (Å²) in [5.74, 6) is 0.493. The number of nitrogens with one attached hydrogen (secondary N) is 1. The molecule has 1 fully saturated rings. The van der Waals surface area contributed by atoms with Gasteiger partial charge in [-0.1, -0.05) is 6.42 Å². The average Bonchev–Trinajstić information content (AvgIpc) is 3.36. The van der Waals surface area contributed by atoms with Crippen LogP contribution in [0.2, 0.25) is 0 Å². The number of esters is 1. The number of nitrogens with zero attached hydrogens (tertiary/aromatic N) is 1. The third kappa shape index (κ3) is 4.32. The number of Topliss-reactive ketones (excluding diaryl/α,β-unsaturated/α-hetero) is 1. The Bertz CT molecular complexity index is 1170. The van der Waals surface area contributed by atoms with Crippen LogP contribution in [0.4, 0.5) is 5.69 Å². The molecule has 178 valence electrons. The van der Waals surface area contributed by atoms with E-state index in [0.29, 0.717) is 40.3 Å². The van der Waals surface area contributed by atoms with Gasteiger partial charge in [0, 0.05) is 28.8 Å². The largest absolute Gasteiger partial charge is 0.462 e. The molecule has 0 radical (unpaired) electrons. The number of aryl methyl sites for hydroxylation is 1. The van der Waals surface area contributed by atoms with Gasteiger partial charge < -0.3 is 14.5 Å². The summed E-state index contributed by atoms with van der Waals surface area (Å²) in [5, 5.41) is 2.86. The number of hydrogen-bond acceptors (Lipinski definition) is 6. The Kier molecular flexibility index (Phi) is 6.37. The van der Waals surface area contributed by atoms with Gasteiger partial charge in [0.05, 0.1) is 18.7 Å². The first-order chi connectivity index (χ1) is 16.5. The molecule has 1 aromatic heterocycles. The lowest BCUT2D eigenvalue weighted by molar-refractivity contribution is -0.110. The Balaban J connectivity index is 1.49. The van der Waals surface area contributed by atoms with Crippen molar-refractivity contribution in [1.82, 2.24) is 4.90 Å².